The van der Waals surface area contributed by atoms with Gasteiger partial charge in [0.25, 0.3) is 0 Å². The van der Waals surface area contributed by atoms with E-state index in [2.05, 4.69) is 15.0 Å². The van der Waals surface area contributed by atoms with Crippen molar-refractivity contribution in [3.8, 4) is 0 Å². The van der Waals surface area contributed by atoms with Gasteiger partial charge in [-0.2, -0.15) is 13.2 Å². The van der Waals surface area contributed by atoms with Gasteiger partial charge >= 0.3 is 6.18 Å². The Morgan fingerprint density at radius 3 is 2.58 bits per heavy atom. The second-order valence-electron chi connectivity index (χ2n) is 6.57. The van der Waals surface area contributed by atoms with Crippen LogP contribution in [0, 0.1) is 0 Å². The number of hydrogen-bond donors (Lipinski definition) is 1. The minimum atomic E-state index is -4.38. The number of benzene rings is 1. The van der Waals surface area contributed by atoms with Crippen LogP contribution in [0.5, 0.6) is 0 Å². The summed E-state index contributed by atoms with van der Waals surface area (Å²) >= 11 is 0. The number of para-hydroxylation sites is 1. The van der Waals surface area contributed by atoms with Crippen molar-refractivity contribution in [3.05, 3.63) is 29.8 Å². The molecule has 1 fully saturated rings. The summed E-state index contributed by atoms with van der Waals surface area (Å²) in [7, 11) is 0. The zero-order chi connectivity index (χ0) is 19.2. The number of rotatable bonds is 7. The quantitative estimate of drug-likeness (QED) is 0.745. The lowest BCUT2D eigenvalue weighted by Gasteiger charge is -2.35. The maximum atomic E-state index is 12.0. The van der Waals surface area contributed by atoms with E-state index in [0.29, 0.717) is 12.2 Å². The van der Waals surface area contributed by atoms with E-state index in [0.717, 1.165) is 18.7 Å². The minimum Gasteiger partial charge on any atom is -0.373 e. The number of carbonyl (C=O) groups is 1. The van der Waals surface area contributed by atoms with Gasteiger partial charge in [0.15, 0.2) is 0 Å². The maximum absolute atomic E-state index is 12.0. The SMILES string of the molecule is CC1CN(Cc2ccccc2NC(=O)CCOCC(F)(F)F)CC(C)O1. The first kappa shape index (κ1) is 20.7. The third kappa shape index (κ3) is 7.31. The zero-order valence-corrected chi connectivity index (χ0v) is 15.0. The molecule has 1 amide bonds. The van der Waals surface area contributed by atoms with Crippen molar-refractivity contribution in [2.24, 2.45) is 0 Å². The lowest BCUT2D eigenvalue weighted by Crippen LogP contribution is -2.44. The van der Waals surface area contributed by atoms with E-state index in [4.69, 9.17) is 4.74 Å². The fraction of sp³-hybridized carbons (Fsp3) is 0.611. The Labute approximate surface area is 151 Å². The predicted octanol–water partition coefficient (Wildman–Crippen LogP) is 3.20. The number of carbonyl (C=O) groups excluding carboxylic acids is 1. The van der Waals surface area contributed by atoms with Crippen LogP contribution in [0.3, 0.4) is 0 Å². The molecule has 5 nitrogen and oxygen atoms in total. The molecule has 1 saturated heterocycles. The van der Waals surface area contributed by atoms with Crippen LogP contribution in [0.25, 0.3) is 0 Å². The molecule has 0 aliphatic carbocycles. The lowest BCUT2D eigenvalue weighted by atomic mass is 10.1. The highest BCUT2D eigenvalue weighted by Crippen LogP contribution is 2.20. The van der Waals surface area contributed by atoms with Crippen LogP contribution in [0.1, 0.15) is 25.8 Å². The highest BCUT2D eigenvalue weighted by atomic mass is 19.4. The number of anilines is 1. The van der Waals surface area contributed by atoms with Crippen molar-refractivity contribution >= 4 is 11.6 Å². The molecule has 0 aromatic heterocycles. The summed E-state index contributed by atoms with van der Waals surface area (Å²) in [5, 5.41) is 2.76. The molecule has 1 N–H and O–H groups in total. The Morgan fingerprint density at radius 2 is 1.92 bits per heavy atom. The molecule has 8 heteroatoms. The van der Waals surface area contributed by atoms with Gasteiger partial charge in [-0.1, -0.05) is 18.2 Å². The molecule has 0 spiro atoms. The van der Waals surface area contributed by atoms with Crippen molar-refractivity contribution < 1.29 is 27.4 Å². The summed E-state index contributed by atoms with van der Waals surface area (Å²) in [6.07, 6.45) is -4.22. The fourth-order valence-electron chi connectivity index (χ4n) is 3.00. The Hall–Kier alpha value is -1.64. The number of morpholine rings is 1. The molecule has 1 aromatic rings. The normalized spacial score (nSPS) is 21.6. The van der Waals surface area contributed by atoms with E-state index in [1.165, 1.54) is 0 Å². The summed E-state index contributed by atoms with van der Waals surface area (Å²) in [4.78, 5) is 14.2. The smallest absolute Gasteiger partial charge is 0.373 e. The van der Waals surface area contributed by atoms with E-state index >= 15 is 0 Å². The number of amides is 1. The van der Waals surface area contributed by atoms with Gasteiger partial charge in [-0.25, -0.2) is 0 Å². The van der Waals surface area contributed by atoms with Crippen LogP contribution in [0.4, 0.5) is 18.9 Å². The highest BCUT2D eigenvalue weighted by molar-refractivity contribution is 5.91. The molecule has 1 aromatic carbocycles. The van der Waals surface area contributed by atoms with Crippen molar-refractivity contribution in [3.63, 3.8) is 0 Å². The first-order chi connectivity index (χ1) is 12.2. The highest BCUT2D eigenvalue weighted by Gasteiger charge is 2.27. The number of ether oxygens (including phenoxy) is 2. The van der Waals surface area contributed by atoms with Crippen molar-refractivity contribution in [2.45, 2.75) is 45.2 Å². The molecule has 2 rings (SSSR count). The Morgan fingerprint density at radius 1 is 1.27 bits per heavy atom. The summed E-state index contributed by atoms with van der Waals surface area (Å²) in [6, 6.07) is 7.42. The zero-order valence-electron chi connectivity index (χ0n) is 15.0. The molecule has 2 atom stereocenters. The van der Waals surface area contributed by atoms with Gasteiger partial charge in [0.2, 0.25) is 5.91 Å². The number of nitrogens with one attached hydrogen (secondary N) is 1. The van der Waals surface area contributed by atoms with E-state index in [-0.39, 0.29) is 31.1 Å². The van der Waals surface area contributed by atoms with Gasteiger partial charge in [-0.3, -0.25) is 9.69 Å². The Balaban J connectivity index is 1.87. The second-order valence-corrected chi connectivity index (χ2v) is 6.57. The van der Waals surface area contributed by atoms with Crippen LogP contribution >= 0.6 is 0 Å². The van der Waals surface area contributed by atoms with E-state index in [1.807, 2.05) is 32.0 Å². The first-order valence-corrected chi connectivity index (χ1v) is 8.63. The molecule has 0 bridgehead atoms. The monoisotopic (exact) mass is 374 g/mol. The van der Waals surface area contributed by atoms with Gasteiger partial charge in [-0.05, 0) is 25.5 Å². The lowest BCUT2D eigenvalue weighted by molar-refractivity contribution is -0.174. The number of halogens is 3. The summed E-state index contributed by atoms with van der Waals surface area (Å²) in [6.45, 7) is 4.71. The first-order valence-electron chi connectivity index (χ1n) is 8.63. The average Bonchev–Trinajstić information content (AvgIpc) is 2.52. The molecule has 2 unspecified atom stereocenters. The predicted molar refractivity (Wildman–Crippen MR) is 91.8 cm³/mol. The third-order valence-electron chi connectivity index (χ3n) is 3.92. The van der Waals surface area contributed by atoms with Gasteiger partial charge < -0.3 is 14.8 Å². The molecule has 1 aliphatic rings. The summed E-state index contributed by atoms with van der Waals surface area (Å²) in [5.74, 6) is -0.372. The molecular weight excluding hydrogens is 349 g/mol. The maximum Gasteiger partial charge on any atom is 0.411 e. The topological polar surface area (TPSA) is 50.8 Å². The molecule has 1 heterocycles. The second kappa shape index (κ2) is 9.34. The van der Waals surface area contributed by atoms with Crippen LogP contribution < -0.4 is 5.32 Å². The van der Waals surface area contributed by atoms with Crippen molar-refractivity contribution in [1.29, 1.82) is 0 Å². The molecule has 0 saturated carbocycles. The number of nitrogens with zero attached hydrogens (tertiary/aromatic N) is 1. The molecule has 0 radical (unpaired) electrons. The average molecular weight is 374 g/mol. The molecule has 1 aliphatic heterocycles. The third-order valence-corrected chi connectivity index (χ3v) is 3.92. The van der Waals surface area contributed by atoms with Crippen LogP contribution in [0.2, 0.25) is 0 Å². The van der Waals surface area contributed by atoms with Crippen molar-refractivity contribution in [2.75, 3.05) is 31.6 Å². The van der Waals surface area contributed by atoms with Gasteiger partial charge in [0.1, 0.15) is 6.61 Å². The van der Waals surface area contributed by atoms with Crippen LogP contribution in [-0.4, -0.2) is 55.5 Å². The minimum absolute atomic E-state index is 0.129. The fourth-order valence-corrected chi connectivity index (χ4v) is 3.00. The number of alkyl halides is 3. The summed E-state index contributed by atoms with van der Waals surface area (Å²) in [5.41, 5.74) is 1.62. The van der Waals surface area contributed by atoms with Crippen LogP contribution in [-0.2, 0) is 20.8 Å². The molecule has 146 valence electrons. The number of hydrogen-bond acceptors (Lipinski definition) is 4. The molecule has 26 heavy (non-hydrogen) atoms. The summed E-state index contributed by atoms with van der Waals surface area (Å²) < 4.78 is 46.3. The Bertz CT molecular complexity index is 585. The van der Waals surface area contributed by atoms with Gasteiger partial charge in [-0.15, -0.1) is 0 Å². The largest absolute Gasteiger partial charge is 0.411 e. The molecular formula is C18H25F3N2O3. The van der Waals surface area contributed by atoms with Gasteiger partial charge in [0.05, 0.1) is 25.2 Å². The van der Waals surface area contributed by atoms with E-state index in [9.17, 15) is 18.0 Å². The van der Waals surface area contributed by atoms with E-state index < -0.39 is 12.8 Å². The van der Waals surface area contributed by atoms with Gasteiger partial charge in [0, 0.05) is 25.3 Å². The van der Waals surface area contributed by atoms with E-state index in [1.54, 1.807) is 6.07 Å². The Kier molecular flexibility index (Phi) is 7.43. The van der Waals surface area contributed by atoms with Crippen LogP contribution in [0.15, 0.2) is 24.3 Å². The standard InChI is InChI=1S/C18H25F3N2O3/c1-13-9-23(10-14(2)26-13)11-15-5-3-4-6-16(15)22-17(24)7-8-25-12-18(19,20)21/h3-6,13-14H,7-12H2,1-2H3,(H,22,24). The van der Waals surface area contributed by atoms with Crippen molar-refractivity contribution in [1.82, 2.24) is 4.90 Å².